The predicted molar refractivity (Wildman–Crippen MR) is 91.6 cm³/mol. The molecule has 0 aliphatic heterocycles. The lowest BCUT2D eigenvalue weighted by Crippen LogP contribution is -2.22. The molecule has 2 unspecified atom stereocenters. The minimum absolute atomic E-state index is 0.0982. The molecule has 0 amide bonds. The molecule has 0 fully saturated rings. The van der Waals surface area contributed by atoms with Gasteiger partial charge in [-0.3, -0.25) is 4.21 Å². The smallest absolute Gasteiger partial charge is 0.134 e. The fourth-order valence-electron chi connectivity index (χ4n) is 1.84. The van der Waals surface area contributed by atoms with E-state index in [4.69, 9.17) is 0 Å². The molecular weight excluding hydrogens is 284 g/mol. The van der Waals surface area contributed by atoms with E-state index < -0.39 is 10.8 Å². The van der Waals surface area contributed by atoms with Crippen LogP contribution in [0.15, 0.2) is 0 Å². The summed E-state index contributed by atoms with van der Waals surface area (Å²) in [6.45, 7) is 9.80. The number of aromatic nitrogens is 2. The van der Waals surface area contributed by atoms with E-state index in [-0.39, 0.29) is 5.25 Å². The van der Waals surface area contributed by atoms with Crippen LogP contribution in [-0.2, 0) is 17.2 Å². The van der Waals surface area contributed by atoms with Crippen LogP contribution in [0.5, 0.6) is 0 Å². The van der Waals surface area contributed by atoms with Gasteiger partial charge in [0.15, 0.2) is 0 Å². The fraction of sp³-hybridized carbons (Fsp3) is 0.733. The molecule has 0 saturated heterocycles. The van der Waals surface area contributed by atoms with Crippen molar-refractivity contribution in [1.29, 1.82) is 0 Å². The maximum atomic E-state index is 11.5. The Bertz CT molecular complexity index is 479. The van der Waals surface area contributed by atoms with Crippen molar-refractivity contribution in [3.05, 3.63) is 11.4 Å². The highest BCUT2D eigenvalue weighted by atomic mass is 32.2. The Morgan fingerprint density at radius 2 is 1.76 bits per heavy atom. The van der Waals surface area contributed by atoms with E-state index >= 15 is 0 Å². The number of rotatable bonds is 9. The van der Waals surface area contributed by atoms with Gasteiger partial charge >= 0.3 is 0 Å². The van der Waals surface area contributed by atoms with E-state index in [1.807, 2.05) is 13.8 Å². The van der Waals surface area contributed by atoms with Gasteiger partial charge in [-0.15, -0.1) is 0 Å². The number of hydrogen-bond acceptors (Lipinski definition) is 5. The lowest BCUT2D eigenvalue weighted by molar-refractivity contribution is 0.678. The van der Waals surface area contributed by atoms with E-state index in [2.05, 4.69) is 34.4 Å². The molecule has 0 bridgehead atoms. The molecular formula is C15H28N4OS. The Balaban J connectivity index is 2.93. The van der Waals surface area contributed by atoms with Crippen molar-refractivity contribution in [1.82, 2.24) is 9.97 Å². The highest BCUT2D eigenvalue weighted by Gasteiger charge is 2.12. The highest BCUT2D eigenvalue weighted by Crippen LogP contribution is 2.20. The van der Waals surface area contributed by atoms with Gasteiger partial charge in [0.1, 0.15) is 17.5 Å². The molecule has 21 heavy (non-hydrogen) atoms. The van der Waals surface area contributed by atoms with Gasteiger partial charge in [0.2, 0.25) is 0 Å². The van der Waals surface area contributed by atoms with Gasteiger partial charge in [-0.2, -0.15) is 0 Å². The van der Waals surface area contributed by atoms with Crippen molar-refractivity contribution in [2.45, 2.75) is 52.2 Å². The molecule has 1 rings (SSSR count). The van der Waals surface area contributed by atoms with Crippen molar-refractivity contribution in [3.8, 4) is 0 Å². The first-order valence-corrected chi connectivity index (χ1v) is 9.29. The Labute approximate surface area is 130 Å². The molecule has 0 aliphatic rings. The normalized spacial score (nSPS) is 13.8. The molecule has 0 radical (unpaired) electrons. The van der Waals surface area contributed by atoms with E-state index in [0.717, 1.165) is 48.8 Å². The predicted octanol–water partition coefficient (Wildman–Crippen LogP) is 2.74. The lowest BCUT2D eigenvalue weighted by atomic mass is 10.2. The second kappa shape index (κ2) is 8.97. The van der Waals surface area contributed by atoms with E-state index in [1.54, 1.807) is 6.26 Å². The maximum Gasteiger partial charge on any atom is 0.134 e. The third-order valence-corrected chi connectivity index (χ3v) is 4.63. The first-order valence-electron chi connectivity index (χ1n) is 7.67. The van der Waals surface area contributed by atoms with Gasteiger partial charge in [-0.1, -0.05) is 13.8 Å². The van der Waals surface area contributed by atoms with Gasteiger partial charge in [-0.25, -0.2) is 9.97 Å². The zero-order valence-electron chi connectivity index (χ0n) is 13.8. The monoisotopic (exact) mass is 312 g/mol. The standard InChI is InChI=1S/C15H28N4OS/c1-6-8-13-18-14(16-9-7-2)12(4)15(19-13)17-10-11(3)21(5)20/h11H,6-10H2,1-5H3,(H2,16,17,18,19). The van der Waals surface area contributed by atoms with Crippen LogP contribution in [0.3, 0.4) is 0 Å². The molecule has 1 aromatic heterocycles. The van der Waals surface area contributed by atoms with Crippen LogP contribution in [0.2, 0.25) is 0 Å². The van der Waals surface area contributed by atoms with E-state index in [1.165, 1.54) is 0 Å². The highest BCUT2D eigenvalue weighted by molar-refractivity contribution is 7.84. The number of nitrogens with one attached hydrogen (secondary N) is 2. The Kier molecular flexibility index (Phi) is 7.64. The Morgan fingerprint density at radius 3 is 2.29 bits per heavy atom. The zero-order valence-corrected chi connectivity index (χ0v) is 14.6. The summed E-state index contributed by atoms with van der Waals surface area (Å²) < 4.78 is 11.5. The molecule has 5 nitrogen and oxygen atoms in total. The fourth-order valence-corrected chi connectivity index (χ4v) is 2.16. The van der Waals surface area contributed by atoms with Crippen molar-refractivity contribution < 1.29 is 4.21 Å². The summed E-state index contributed by atoms with van der Waals surface area (Å²) in [7, 11) is -0.831. The topological polar surface area (TPSA) is 66.9 Å². The zero-order chi connectivity index (χ0) is 15.8. The molecule has 2 N–H and O–H groups in total. The number of anilines is 2. The molecule has 0 saturated carbocycles. The molecule has 1 heterocycles. The number of nitrogens with zero attached hydrogens (tertiary/aromatic N) is 2. The Hall–Kier alpha value is -1.17. The average Bonchev–Trinajstić information content (AvgIpc) is 2.45. The van der Waals surface area contributed by atoms with Crippen LogP contribution in [0.4, 0.5) is 11.6 Å². The molecule has 2 atom stereocenters. The van der Waals surface area contributed by atoms with Gasteiger partial charge in [0, 0.05) is 47.4 Å². The summed E-state index contributed by atoms with van der Waals surface area (Å²) in [5.74, 6) is 2.61. The van der Waals surface area contributed by atoms with Crippen molar-refractivity contribution in [2.24, 2.45) is 0 Å². The molecule has 6 heteroatoms. The summed E-state index contributed by atoms with van der Waals surface area (Å²) in [5, 5.41) is 6.78. The van der Waals surface area contributed by atoms with E-state index in [0.29, 0.717) is 6.54 Å². The SMILES string of the molecule is CCCNc1nc(CCC)nc(NCC(C)S(C)=O)c1C. The molecule has 1 aromatic rings. The third-order valence-electron chi connectivity index (χ3n) is 3.33. The number of hydrogen-bond donors (Lipinski definition) is 2. The first-order chi connectivity index (χ1) is 9.99. The third kappa shape index (κ3) is 5.61. The molecule has 0 aromatic carbocycles. The van der Waals surface area contributed by atoms with Crippen LogP contribution in [0, 0.1) is 6.92 Å². The summed E-state index contributed by atoms with van der Waals surface area (Å²) in [4.78, 5) is 9.20. The molecule has 0 aliphatic carbocycles. The molecule has 0 spiro atoms. The van der Waals surface area contributed by atoms with E-state index in [9.17, 15) is 4.21 Å². The first kappa shape index (κ1) is 17.9. The van der Waals surface area contributed by atoms with Crippen molar-refractivity contribution in [3.63, 3.8) is 0 Å². The van der Waals surface area contributed by atoms with Gasteiger partial charge in [0.25, 0.3) is 0 Å². The van der Waals surface area contributed by atoms with Crippen LogP contribution in [0.1, 0.15) is 45.0 Å². The second-order valence-corrected chi connectivity index (χ2v) is 7.13. The van der Waals surface area contributed by atoms with Crippen molar-refractivity contribution in [2.75, 3.05) is 30.0 Å². The second-order valence-electron chi connectivity index (χ2n) is 5.33. The minimum atomic E-state index is -0.831. The average molecular weight is 312 g/mol. The van der Waals surface area contributed by atoms with Crippen LogP contribution in [-0.4, -0.2) is 38.8 Å². The summed E-state index contributed by atoms with van der Waals surface area (Å²) in [5.41, 5.74) is 1.03. The lowest BCUT2D eigenvalue weighted by Gasteiger charge is -2.16. The van der Waals surface area contributed by atoms with Crippen LogP contribution < -0.4 is 10.6 Å². The summed E-state index contributed by atoms with van der Waals surface area (Å²) in [6.07, 6.45) is 4.67. The van der Waals surface area contributed by atoms with Crippen molar-refractivity contribution >= 4 is 22.4 Å². The number of aryl methyl sites for hydroxylation is 1. The maximum absolute atomic E-state index is 11.5. The largest absolute Gasteiger partial charge is 0.370 e. The minimum Gasteiger partial charge on any atom is -0.370 e. The van der Waals surface area contributed by atoms with Crippen LogP contribution >= 0.6 is 0 Å². The summed E-state index contributed by atoms with van der Waals surface area (Å²) >= 11 is 0. The quantitative estimate of drug-likeness (QED) is 0.734. The van der Waals surface area contributed by atoms with Gasteiger partial charge in [-0.05, 0) is 26.7 Å². The van der Waals surface area contributed by atoms with Gasteiger partial charge in [0.05, 0.1) is 0 Å². The van der Waals surface area contributed by atoms with Crippen LogP contribution in [0.25, 0.3) is 0 Å². The molecule has 120 valence electrons. The Morgan fingerprint density at radius 1 is 1.14 bits per heavy atom. The summed E-state index contributed by atoms with van der Waals surface area (Å²) in [6, 6.07) is 0. The van der Waals surface area contributed by atoms with Gasteiger partial charge < -0.3 is 10.6 Å².